The summed E-state index contributed by atoms with van der Waals surface area (Å²) >= 11 is 0. The Balaban J connectivity index is 2.02. The highest BCUT2D eigenvalue weighted by Gasteiger charge is 2.30. The van der Waals surface area contributed by atoms with Crippen LogP contribution in [-0.2, 0) is 0 Å². The van der Waals surface area contributed by atoms with Crippen molar-refractivity contribution in [2.45, 2.75) is 33.6 Å². The van der Waals surface area contributed by atoms with E-state index >= 15 is 0 Å². The monoisotopic (exact) mass is 262 g/mol. The number of piperidine rings is 1. The van der Waals surface area contributed by atoms with Gasteiger partial charge in [-0.05, 0) is 30.2 Å². The van der Waals surface area contributed by atoms with Crippen molar-refractivity contribution in [2.24, 2.45) is 11.3 Å². The Kier molecular flexibility index (Phi) is 3.78. The van der Waals surface area contributed by atoms with Crippen molar-refractivity contribution in [3.63, 3.8) is 0 Å². The summed E-state index contributed by atoms with van der Waals surface area (Å²) in [5, 5.41) is 0. The molecule has 1 aliphatic rings. The van der Waals surface area contributed by atoms with E-state index in [0.717, 1.165) is 25.9 Å². The molecule has 0 aromatic carbocycles. The molecule has 0 unspecified atom stereocenters. The molecule has 1 aromatic heterocycles. The van der Waals surface area contributed by atoms with Crippen LogP contribution >= 0.6 is 0 Å². The maximum Gasteiger partial charge on any atom is 0.254 e. The molecule has 1 aromatic rings. The number of likely N-dealkylation sites (tertiary alicyclic amines) is 1. The zero-order chi connectivity index (χ0) is 14.0. The largest absolute Gasteiger partial charge is 0.339 e. The predicted molar refractivity (Wildman–Crippen MR) is 75.1 cm³/mol. The molecule has 1 amide bonds. The van der Waals surface area contributed by atoms with Crippen molar-refractivity contribution in [1.29, 1.82) is 0 Å². The lowest BCUT2D eigenvalue weighted by Crippen LogP contribution is -2.41. The summed E-state index contributed by atoms with van der Waals surface area (Å²) in [6.45, 7) is 8.34. The number of nitrogens with zero attached hydrogens (tertiary/aromatic N) is 1. The van der Waals surface area contributed by atoms with Gasteiger partial charge in [-0.1, -0.05) is 20.8 Å². The van der Waals surface area contributed by atoms with E-state index in [-0.39, 0.29) is 11.5 Å². The van der Waals surface area contributed by atoms with E-state index in [1.807, 2.05) is 4.90 Å². The van der Waals surface area contributed by atoms with Crippen LogP contribution in [0.1, 0.15) is 44.0 Å². The molecule has 0 spiro atoms. The zero-order valence-electron chi connectivity index (χ0n) is 11.9. The van der Waals surface area contributed by atoms with Gasteiger partial charge in [-0.25, -0.2) is 0 Å². The molecule has 0 radical (unpaired) electrons. The number of nitrogens with one attached hydrogen (secondary N) is 1. The number of carbonyl (C=O) groups excluding carboxylic acids is 1. The second-order valence-corrected chi connectivity index (χ2v) is 6.37. The van der Waals surface area contributed by atoms with Crippen LogP contribution in [0.5, 0.6) is 0 Å². The van der Waals surface area contributed by atoms with Gasteiger partial charge in [0.25, 0.3) is 5.91 Å². The average Bonchev–Trinajstić information content (AvgIpc) is 2.37. The Hall–Kier alpha value is -1.58. The van der Waals surface area contributed by atoms with Gasteiger partial charge < -0.3 is 9.88 Å². The van der Waals surface area contributed by atoms with Crippen LogP contribution in [0.3, 0.4) is 0 Å². The van der Waals surface area contributed by atoms with Crippen molar-refractivity contribution in [1.82, 2.24) is 9.88 Å². The first kappa shape index (κ1) is 13.8. The molecule has 0 bridgehead atoms. The highest BCUT2D eigenvalue weighted by Crippen LogP contribution is 2.34. The fourth-order valence-corrected chi connectivity index (χ4v) is 2.71. The fourth-order valence-electron chi connectivity index (χ4n) is 2.71. The SMILES string of the molecule is CC(C)(C)C1CCN(C(=O)c2cc[nH]c(=O)c2)CC1. The number of rotatable bonds is 1. The first-order chi connectivity index (χ1) is 8.88. The quantitative estimate of drug-likeness (QED) is 0.844. The van der Waals surface area contributed by atoms with Gasteiger partial charge in [-0.3, -0.25) is 9.59 Å². The van der Waals surface area contributed by atoms with Crippen LogP contribution < -0.4 is 5.56 Å². The molecule has 1 fully saturated rings. The number of carbonyl (C=O) groups is 1. The standard InChI is InChI=1S/C15H22N2O2/c1-15(2,3)12-5-8-17(9-6-12)14(19)11-4-7-16-13(18)10-11/h4,7,10,12H,5-6,8-9H2,1-3H3,(H,16,18). The van der Waals surface area contributed by atoms with Crippen LogP contribution in [0.25, 0.3) is 0 Å². The number of hydrogen-bond donors (Lipinski definition) is 1. The third-order valence-corrected chi connectivity index (χ3v) is 4.03. The smallest absolute Gasteiger partial charge is 0.254 e. The zero-order valence-corrected chi connectivity index (χ0v) is 11.9. The second-order valence-electron chi connectivity index (χ2n) is 6.37. The van der Waals surface area contributed by atoms with Crippen molar-refractivity contribution in [2.75, 3.05) is 13.1 Å². The van der Waals surface area contributed by atoms with Crippen LogP contribution in [0.15, 0.2) is 23.1 Å². The topological polar surface area (TPSA) is 53.2 Å². The number of pyridine rings is 1. The minimum atomic E-state index is -0.226. The van der Waals surface area contributed by atoms with Gasteiger partial charge >= 0.3 is 0 Å². The Morgan fingerprint density at radius 3 is 2.47 bits per heavy atom. The Labute approximate surface area is 113 Å². The number of amides is 1. The molecule has 19 heavy (non-hydrogen) atoms. The van der Waals surface area contributed by atoms with Gasteiger partial charge in [-0.2, -0.15) is 0 Å². The molecule has 2 rings (SSSR count). The van der Waals surface area contributed by atoms with Gasteiger partial charge in [-0.15, -0.1) is 0 Å². The molecule has 0 aliphatic carbocycles. The highest BCUT2D eigenvalue weighted by atomic mass is 16.2. The molecule has 0 saturated carbocycles. The van der Waals surface area contributed by atoms with Crippen LogP contribution in [0.4, 0.5) is 0 Å². The molecule has 1 aliphatic heterocycles. The maximum atomic E-state index is 12.3. The second kappa shape index (κ2) is 5.19. The molecule has 2 heterocycles. The molecule has 104 valence electrons. The maximum absolute atomic E-state index is 12.3. The third-order valence-electron chi connectivity index (χ3n) is 4.03. The summed E-state index contributed by atoms with van der Waals surface area (Å²) < 4.78 is 0. The van der Waals surface area contributed by atoms with Crippen LogP contribution in [-0.4, -0.2) is 28.9 Å². The summed E-state index contributed by atoms with van der Waals surface area (Å²) in [7, 11) is 0. The summed E-state index contributed by atoms with van der Waals surface area (Å²) in [6.07, 6.45) is 3.61. The molecule has 1 N–H and O–H groups in total. The number of hydrogen-bond acceptors (Lipinski definition) is 2. The Morgan fingerprint density at radius 2 is 1.95 bits per heavy atom. The Bertz CT molecular complexity index is 505. The fraction of sp³-hybridized carbons (Fsp3) is 0.600. The number of H-pyrrole nitrogens is 1. The minimum absolute atomic E-state index is 0.0292. The molecular formula is C15H22N2O2. The summed E-state index contributed by atoms with van der Waals surface area (Å²) in [5.41, 5.74) is 0.562. The van der Waals surface area contributed by atoms with Crippen LogP contribution in [0.2, 0.25) is 0 Å². The lowest BCUT2D eigenvalue weighted by molar-refractivity contribution is 0.0608. The van der Waals surface area contributed by atoms with E-state index in [1.54, 1.807) is 6.07 Å². The molecule has 1 saturated heterocycles. The average molecular weight is 262 g/mol. The summed E-state index contributed by atoms with van der Waals surface area (Å²) in [5.74, 6) is 0.634. The van der Waals surface area contributed by atoms with Gasteiger partial charge in [0, 0.05) is 30.9 Å². The van der Waals surface area contributed by atoms with Gasteiger partial charge in [0.15, 0.2) is 0 Å². The molecule has 4 heteroatoms. The normalized spacial score (nSPS) is 17.5. The lowest BCUT2D eigenvalue weighted by atomic mass is 9.75. The molecular weight excluding hydrogens is 240 g/mol. The molecule has 0 atom stereocenters. The minimum Gasteiger partial charge on any atom is -0.339 e. The van der Waals surface area contributed by atoms with E-state index in [1.165, 1.54) is 12.3 Å². The van der Waals surface area contributed by atoms with E-state index < -0.39 is 0 Å². The van der Waals surface area contributed by atoms with Gasteiger partial charge in [0.05, 0.1) is 0 Å². The first-order valence-electron chi connectivity index (χ1n) is 6.86. The van der Waals surface area contributed by atoms with Gasteiger partial charge in [0.2, 0.25) is 5.56 Å². The highest BCUT2D eigenvalue weighted by molar-refractivity contribution is 5.94. The van der Waals surface area contributed by atoms with Gasteiger partial charge in [0.1, 0.15) is 0 Å². The number of aromatic amines is 1. The summed E-state index contributed by atoms with van der Waals surface area (Å²) in [4.78, 5) is 27.9. The van der Waals surface area contributed by atoms with E-state index in [2.05, 4.69) is 25.8 Å². The van der Waals surface area contributed by atoms with Crippen molar-refractivity contribution < 1.29 is 4.79 Å². The first-order valence-corrected chi connectivity index (χ1v) is 6.86. The number of aromatic nitrogens is 1. The van der Waals surface area contributed by atoms with E-state index in [9.17, 15) is 9.59 Å². The third kappa shape index (κ3) is 3.25. The van der Waals surface area contributed by atoms with E-state index in [4.69, 9.17) is 0 Å². The summed E-state index contributed by atoms with van der Waals surface area (Å²) in [6, 6.07) is 3.04. The van der Waals surface area contributed by atoms with Crippen LogP contribution in [0, 0.1) is 11.3 Å². The van der Waals surface area contributed by atoms with E-state index in [0.29, 0.717) is 16.9 Å². The van der Waals surface area contributed by atoms with Crippen molar-refractivity contribution >= 4 is 5.91 Å². The van der Waals surface area contributed by atoms with Crippen molar-refractivity contribution in [3.05, 3.63) is 34.2 Å². The lowest BCUT2D eigenvalue weighted by Gasteiger charge is -2.38. The van der Waals surface area contributed by atoms with Crippen molar-refractivity contribution in [3.8, 4) is 0 Å². The molecule has 4 nitrogen and oxygen atoms in total. The predicted octanol–water partition coefficient (Wildman–Crippen LogP) is 2.27. The Morgan fingerprint density at radius 1 is 1.32 bits per heavy atom.